The highest BCUT2D eigenvalue weighted by molar-refractivity contribution is 5.68. The first-order chi connectivity index (χ1) is 15.3. The maximum atomic E-state index is 15.5. The van der Waals surface area contributed by atoms with E-state index in [1.54, 1.807) is 31.2 Å². The van der Waals surface area contributed by atoms with Gasteiger partial charge in [-0.2, -0.15) is 0 Å². The zero-order chi connectivity index (χ0) is 22.6. The van der Waals surface area contributed by atoms with E-state index in [1.165, 1.54) is 4.80 Å². The number of benzene rings is 1. The molecule has 1 unspecified atom stereocenters. The van der Waals surface area contributed by atoms with Crippen LogP contribution in [0.2, 0.25) is 0 Å². The Labute approximate surface area is 185 Å². The van der Waals surface area contributed by atoms with Crippen molar-refractivity contribution in [2.24, 2.45) is 0 Å². The van der Waals surface area contributed by atoms with Gasteiger partial charge in [-0.15, -0.1) is 25.2 Å². The van der Waals surface area contributed by atoms with Crippen LogP contribution in [0.3, 0.4) is 0 Å². The lowest BCUT2D eigenvalue weighted by atomic mass is 9.84. The van der Waals surface area contributed by atoms with Gasteiger partial charge in [0, 0.05) is 24.7 Å². The number of anilines is 1. The molecule has 2 aliphatic rings. The van der Waals surface area contributed by atoms with Gasteiger partial charge in [-0.05, 0) is 69.6 Å². The number of alkyl halides is 1. The van der Waals surface area contributed by atoms with Gasteiger partial charge >= 0.3 is 0 Å². The highest BCUT2D eigenvalue weighted by Gasteiger charge is 2.55. The van der Waals surface area contributed by atoms with Crippen molar-refractivity contribution in [2.45, 2.75) is 56.9 Å². The molecule has 4 atom stereocenters. The molecule has 0 spiro atoms. The molecule has 1 N–H and O–H groups in total. The van der Waals surface area contributed by atoms with E-state index in [4.69, 9.17) is 0 Å². The van der Waals surface area contributed by atoms with Crippen LogP contribution in [0.15, 0.2) is 30.3 Å². The number of fused-ring (bicyclic) bond motifs is 2. The molecule has 3 aromatic rings. The predicted octanol–water partition coefficient (Wildman–Crippen LogP) is 2.53. The first kappa shape index (κ1) is 20.7. The minimum Gasteiger partial charge on any atom is -0.507 e. The van der Waals surface area contributed by atoms with Crippen LogP contribution in [-0.4, -0.2) is 78.3 Å². The largest absolute Gasteiger partial charge is 0.507 e. The van der Waals surface area contributed by atoms with Gasteiger partial charge in [0.05, 0.1) is 23.0 Å². The number of nitrogens with zero attached hydrogens (tertiary/aromatic N) is 8. The van der Waals surface area contributed by atoms with Crippen molar-refractivity contribution < 1.29 is 9.50 Å². The highest BCUT2D eigenvalue weighted by Crippen LogP contribution is 2.46. The molecule has 1 aromatic carbocycles. The lowest BCUT2D eigenvalue weighted by Crippen LogP contribution is -2.62. The van der Waals surface area contributed by atoms with Crippen molar-refractivity contribution in [3.8, 4) is 22.7 Å². The van der Waals surface area contributed by atoms with Crippen molar-refractivity contribution in [2.75, 3.05) is 19.0 Å². The van der Waals surface area contributed by atoms with Gasteiger partial charge in [-0.3, -0.25) is 4.90 Å². The number of aromatic hydroxyl groups is 1. The van der Waals surface area contributed by atoms with E-state index in [-0.39, 0.29) is 11.8 Å². The molecule has 0 radical (unpaired) electrons. The molecule has 168 valence electrons. The van der Waals surface area contributed by atoms with E-state index < -0.39 is 11.7 Å². The molecule has 5 rings (SSSR count). The van der Waals surface area contributed by atoms with E-state index in [0.717, 1.165) is 19.3 Å². The molecule has 2 aliphatic heterocycles. The number of hydrogen-bond donors (Lipinski definition) is 1. The first-order valence-electron chi connectivity index (χ1n) is 10.8. The van der Waals surface area contributed by atoms with Crippen LogP contribution in [0.4, 0.5) is 10.2 Å². The van der Waals surface area contributed by atoms with Gasteiger partial charge < -0.3 is 10.0 Å². The molecule has 2 bridgehead atoms. The Bertz CT molecular complexity index is 1140. The second kappa shape index (κ2) is 7.47. The summed E-state index contributed by atoms with van der Waals surface area (Å²) in [7, 11) is 3.92. The highest BCUT2D eigenvalue weighted by atomic mass is 19.1. The number of piperidine rings is 1. The molecule has 0 aliphatic carbocycles. The third kappa shape index (κ3) is 3.21. The summed E-state index contributed by atoms with van der Waals surface area (Å²) < 4.78 is 15.5. The smallest absolute Gasteiger partial charge is 0.172 e. The van der Waals surface area contributed by atoms with Gasteiger partial charge in [0.1, 0.15) is 11.9 Å². The molecule has 10 heteroatoms. The van der Waals surface area contributed by atoms with E-state index in [2.05, 4.69) is 30.5 Å². The number of phenolic OH excluding ortho intramolecular Hbond substituents is 1. The lowest BCUT2D eigenvalue weighted by Gasteiger charge is -2.49. The lowest BCUT2D eigenvalue weighted by molar-refractivity contribution is 0.00185. The molecular weight excluding hydrogens is 411 g/mol. The SMILES string of the molecule is Cc1nnn(-c2ccc(-c3ccc(N(C)[C@@H]4CC5CC[C@@](C)([C@H]4F)N5C)nn3)c(O)c2)n1. The summed E-state index contributed by atoms with van der Waals surface area (Å²) in [5, 5.41) is 31.1. The third-order valence-electron chi connectivity index (χ3n) is 7.29. The molecule has 0 amide bonds. The van der Waals surface area contributed by atoms with Crippen LogP contribution in [0.5, 0.6) is 5.75 Å². The van der Waals surface area contributed by atoms with Gasteiger partial charge in [-0.25, -0.2) is 4.39 Å². The Morgan fingerprint density at radius 3 is 2.66 bits per heavy atom. The molecular formula is C22H27FN8O. The van der Waals surface area contributed by atoms with Crippen LogP contribution in [0.25, 0.3) is 16.9 Å². The monoisotopic (exact) mass is 438 g/mol. The average Bonchev–Trinajstić information content (AvgIpc) is 3.31. The number of rotatable bonds is 4. The Kier molecular flexibility index (Phi) is 4.85. The summed E-state index contributed by atoms with van der Waals surface area (Å²) >= 11 is 0. The van der Waals surface area contributed by atoms with Crippen molar-refractivity contribution in [1.82, 2.24) is 35.3 Å². The fourth-order valence-corrected chi connectivity index (χ4v) is 5.10. The Morgan fingerprint density at radius 1 is 1.19 bits per heavy atom. The Balaban J connectivity index is 1.36. The number of tetrazole rings is 1. The predicted molar refractivity (Wildman–Crippen MR) is 117 cm³/mol. The van der Waals surface area contributed by atoms with Gasteiger partial charge in [-0.1, -0.05) is 0 Å². The van der Waals surface area contributed by atoms with E-state index >= 15 is 4.39 Å². The first-order valence-corrected chi connectivity index (χ1v) is 10.8. The minimum absolute atomic E-state index is 0.0384. The number of aryl methyl sites for hydroxylation is 1. The Hall–Kier alpha value is -3.14. The van der Waals surface area contributed by atoms with Crippen molar-refractivity contribution >= 4 is 5.82 Å². The molecule has 9 nitrogen and oxygen atoms in total. The maximum absolute atomic E-state index is 15.5. The van der Waals surface area contributed by atoms with Crippen LogP contribution in [0.1, 0.15) is 32.0 Å². The van der Waals surface area contributed by atoms with Crippen molar-refractivity contribution in [3.63, 3.8) is 0 Å². The number of halogens is 1. The number of hydrogen-bond acceptors (Lipinski definition) is 8. The van der Waals surface area contributed by atoms with Gasteiger partial charge in [0.2, 0.25) is 0 Å². The van der Waals surface area contributed by atoms with Crippen molar-refractivity contribution in [1.29, 1.82) is 0 Å². The second-order valence-electron chi connectivity index (χ2n) is 9.08. The summed E-state index contributed by atoms with van der Waals surface area (Å²) in [4.78, 5) is 5.47. The zero-order valence-electron chi connectivity index (χ0n) is 18.6. The summed E-state index contributed by atoms with van der Waals surface area (Å²) in [6.07, 6.45) is 1.71. The van der Waals surface area contributed by atoms with E-state index in [1.807, 2.05) is 32.0 Å². The molecule has 2 aromatic heterocycles. The molecule has 32 heavy (non-hydrogen) atoms. The number of phenols is 1. The quantitative estimate of drug-likeness (QED) is 0.664. The summed E-state index contributed by atoms with van der Waals surface area (Å²) in [5.74, 6) is 1.20. The van der Waals surface area contributed by atoms with Gasteiger partial charge in [0.25, 0.3) is 0 Å². The molecule has 0 saturated carbocycles. The second-order valence-corrected chi connectivity index (χ2v) is 9.08. The summed E-state index contributed by atoms with van der Waals surface area (Å²) in [6.45, 7) is 3.77. The fraction of sp³-hybridized carbons (Fsp3) is 0.500. The number of aromatic nitrogens is 6. The maximum Gasteiger partial charge on any atom is 0.172 e. The normalized spacial score (nSPS) is 27.6. The van der Waals surface area contributed by atoms with Crippen LogP contribution >= 0.6 is 0 Å². The van der Waals surface area contributed by atoms with E-state index in [0.29, 0.717) is 34.6 Å². The summed E-state index contributed by atoms with van der Waals surface area (Å²) in [6, 6.07) is 8.85. The Morgan fingerprint density at radius 2 is 2.00 bits per heavy atom. The average molecular weight is 439 g/mol. The van der Waals surface area contributed by atoms with E-state index in [9.17, 15) is 5.11 Å². The summed E-state index contributed by atoms with van der Waals surface area (Å²) in [5.41, 5.74) is 1.23. The topological polar surface area (TPSA) is 96.1 Å². The van der Waals surface area contributed by atoms with Crippen LogP contribution in [-0.2, 0) is 0 Å². The van der Waals surface area contributed by atoms with Crippen LogP contribution in [0, 0.1) is 6.92 Å². The standard InChI is InChI=1S/C22H27FN8O/c1-13-24-28-31(27-13)15-5-6-16(19(32)12-15)17-7-8-20(26-25-17)29(3)18-11-14-9-10-22(2,21(18)23)30(14)4/h5-8,12,14,18,21,32H,9-11H2,1-4H3/t14?,18-,21+,22+/m1/s1. The third-order valence-corrected chi connectivity index (χ3v) is 7.29. The van der Waals surface area contributed by atoms with Gasteiger partial charge in [0.15, 0.2) is 11.6 Å². The van der Waals surface area contributed by atoms with Crippen LogP contribution < -0.4 is 4.90 Å². The molecule has 2 fully saturated rings. The zero-order valence-corrected chi connectivity index (χ0v) is 18.6. The minimum atomic E-state index is -0.969. The van der Waals surface area contributed by atoms with Crippen molar-refractivity contribution in [3.05, 3.63) is 36.2 Å². The fourth-order valence-electron chi connectivity index (χ4n) is 5.10. The molecule has 4 heterocycles. The molecule has 2 saturated heterocycles.